The van der Waals surface area contributed by atoms with E-state index < -0.39 is 0 Å². The molecule has 0 N–H and O–H groups in total. The van der Waals surface area contributed by atoms with Crippen molar-refractivity contribution in [3.63, 3.8) is 0 Å². The van der Waals surface area contributed by atoms with Crippen LogP contribution in [-0.4, -0.2) is 28.7 Å². The highest BCUT2D eigenvalue weighted by atomic mass is 35.5. The van der Waals surface area contributed by atoms with Crippen LogP contribution in [0.25, 0.3) is 0 Å². The molecule has 1 aromatic heterocycles. The molecule has 1 aliphatic rings. The second-order valence-corrected chi connectivity index (χ2v) is 5.23. The Labute approximate surface area is 107 Å². The van der Waals surface area contributed by atoms with Gasteiger partial charge in [-0.3, -0.25) is 4.68 Å². The van der Waals surface area contributed by atoms with E-state index >= 15 is 0 Å². The van der Waals surface area contributed by atoms with Crippen molar-refractivity contribution >= 4 is 24.2 Å². The number of nitrogens with zero attached hydrogens (tertiary/aromatic N) is 2. The van der Waals surface area contributed by atoms with Crippen molar-refractivity contribution in [2.75, 3.05) is 19.0 Å². The molecule has 90 valence electrons. The van der Waals surface area contributed by atoms with Crippen molar-refractivity contribution in [1.29, 1.82) is 0 Å². The van der Waals surface area contributed by atoms with Gasteiger partial charge >= 0.3 is 0 Å². The minimum absolute atomic E-state index is 0.210. The van der Waals surface area contributed by atoms with E-state index in [1.54, 1.807) is 6.20 Å². The van der Waals surface area contributed by atoms with Crippen molar-refractivity contribution in [3.8, 4) is 0 Å². The van der Waals surface area contributed by atoms with Gasteiger partial charge in [0.2, 0.25) is 0 Å². The van der Waals surface area contributed by atoms with E-state index in [2.05, 4.69) is 17.7 Å². The largest absolute Gasteiger partial charge is 0.381 e. The van der Waals surface area contributed by atoms with E-state index in [9.17, 15) is 0 Å². The van der Waals surface area contributed by atoms with Gasteiger partial charge in [-0.05, 0) is 25.5 Å². The minimum atomic E-state index is 0.210. The zero-order valence-electron chi connectivity index (χ0n) is 9.45. The zero-order valence-corrected chi connectivity index (χ0v) is 11.1. The standard InChI is InChI=1S/C11H17ClN2OS/c1-9-10(12)6-13-14(9)7-11(8-16)2-4-15-5-3-11/h6,16H,2-5,7-8H2,1H3. The zero-order chi connectivity index (χ0) is 11.6. The molecule has 2 heterocycles. The van der Waals surface area contributed by atoms with Gasteiger partial charge < -0.3 is 4.74 Å². The van der Waals surface area contributed by atoms with Crippen LogP contribution in [0.15, 0.2) is 6.20 Å². The third-order valence-corrected chi connectivity index (χ3v) is 4.46. The van der Waals surface area contributed by atoms with E-state index in [0.717, 1.165) is 49.1 Å². The molecule has 5 heteroatoms. The third-order valence-electron chi connectivity index (χ3n) is 3.42. The molecule has 1 aliphatic heterocycles. The van der Waals surface area contributed by atoms with Gasteiger partial charge in [0.05, 0.1) is 16.9 Å². The first kappa shape index (κ1) is 12.3. The first-order valence-electron chi connectivity index (χ1n) is 5.53. The molecule has 0 bridgehead atoms. The molecule has 2 rings (SSSR count). The molecule has 0 saturated carbocycles. The molecule has 0 spiro atoms. The number of aromatic nitrogens is 2. The van der Waals surface area contributed by atoms with Crippen LogP contribution >= 0.6 is 24.2 Å². The summed E-state index contributed by atoms with van der Waals surface area (Å²) in [4.78, 5) is 0. The lowest BCUT2D eigenvalue weighted by atomic mass is 9.82. The van der Waals surface area contributed by atoms with E-state index in [4.69, 9.17) is 16.3 Å². The van der Waals surface area contributed by atoms with Gasteiger partial charge in [0.15, 0.2) is 0 Å². The Morgan fingerprint density at radius 3 is 2.75 bits per heavy atom. The third kappa shape index (κ3) is 2.39. The van der Waals surface area contributed by atoms with Gasteiger partial charge in [-0.2, -0.15) is 17.7 Å². The molecule has 0 radical (unpaired) electrons. The lowest BCUT2D eigenvalue weighted by Crippen LogP contribution is -2.36. The van der Waals surface area contributed by atoms with E-state index in [0.29, 0.717) is 0 Å². The maximum atomic E-state index is 6.01. The van der Waals surface area contributed by atoms with Crippen LogP contribution in [0.1, 0.15) is 18.5 Å². The summed E-state index contributed by atoms with van der Waals surface area (Å²) in [6.07, 6.45) is 3.81. The summed E-state index contributed by atoms with van der Waals surface area (Å²) >= 11 is 10.5. The summed E-state index contributed by atoms with van der Waals surface area (Å²) in [5.41, 5.74) is 1.25. The second kappa shape index (κ2) is 4.98. The molecule has 0 atom stereocenters. The summed E-state index contributed by atoms with van der Waals surface area (Å²) < 4.78 is 7.40. The quantitative estimate of drug-likeness (QED) is 0.846. The fourth-order valence-corrected chi connectivity index (χ4v) is 2.63. The Morgan fingerprint density at radius 1 is 1.56 bits per heavy atom. The number of hydrogen-bond donors (Lipinski definition) is 1. The Bertz CT molecular complexity index is 361. The predicted octanol–water partition coefficient (Wildman–Crippen LogP) is 2.57. The smallest absolute Gasteiger partial charge is 0.0814 e. The van der Waals surface area contributed by atoms with Crippen LogP contribution in [0.3, 0.4) is 0 Å². The maximum Gasteiger partial charge on any atom is 0.0814 e. The predicted molar refractivity (Wildman–Crippen MR) is 68.3 cm³/mol. The molecule has 0 aliphatic carbocycles. The van der Waals surface area contributed by atoms with Crippen LogP contribution < -0.4 is 0 Å². The highest BCUT2D eigenvalue weighted by molar-refractivity contribution is 7.80. The van der Waals surface area contributed by atoms with Crippen LogP contribution in [0.4, 0.5) is 0 Å². The number of thiol groups is 1. The molecule has 16 heavy (non-hydrogen) atoms. The SMILES string of the molecule is Cc1c(Cl)cnn1CC1(CS)CCOCC1. The van der Waals surface area contributed by atoms with Gasteiger partial charge in [-0.1, -0.05) is 11.6 Å². The second-order valence-electron chi connectivity index (χ2n) is 4.51. The summed E-state index contributed by atoms with van der Waals surface area (Å²) in [5, 5.41) is 5.05. The Kier molecular flexibility index (Phi) is 3.82. The van der Waals surface area contributed by atoms with Crippen LogP contribution in [-0.2, 0) is 11.3 Å². The Morgan fingerprint density at radius 2 is 2.25 bits per heavy atom. The number of ether oxygens (including phenoxy) is 1. The summed E-state index contributed by atoms with van der Waals surface area (Å²) in [5.74, 6) is 0.868. The minimum Gasteiger partial charge on any atom is -0.381 e. The van der Waals surface area contributed by atoms with Crippen LogP contribution in [0, 0.1) is 12.3 Å². The molecule has 1 saturated heterocycles. The van der Waals surface area contributed by atoms with Crippen molar-refractivity contribution in [1.82, 2.24) is 9.78 Å². The molecular weight excluding hydrogens is 244 g/mol. The first-order chi connectivity index (χ1) is 7.67. The lowest BCUT2D eigenvalue weighted by molar-refractivity contribution is 0.0163. The van der Waals surface area contributed by atoms with E-state index in [1.807, 2.05) is 11.6 Å². The Hall–Kier alpha value is -0.190. The fraction of sp³-hybridized carbons (Fsp3) is 0.727. The van der Waals surface area contributed by atoms with Crippen molar-refractivity contribution in [2.45, 2.75) is 26.3 Å². The molecule has 1 fully saturated rings. The normalized spacial score (nSPS) is 19.9. The van der Waals surface area contributed by atoms with Gasteiger partial charge in [0.25, 0.3) is 0 Å². The summed E-state index contributed by atoms with van der Waals surface area (Å²) in [7, 11) is 0. The molecule has 1 aromatic rings. The number of rotatable bonds is 3. The summed E-state index contributed by atoms with van der Waals surface area (Å²) in [6.45, 7) is 4.54. The monoisotopic (exact) mass is 260 g/mol. The van der Waals surface area contributed by atoms with Gasteiger partial charge in [0.1, 0.15) is 0 Å². The van der Waals surface area contributed by atoms with Gasteiger partial charge in [-0.15, -0.1) is 0 Å². The average molecular weight is 261 g/mol. The fourth-order valence-electron chi connectivity index (χ4n) is 2.07. The topological polar surface area (TPSA) is 27.1 Å². The highest BCUT2D eigenvalue weighted by Crippen LogP contribution is 2.34. The lowest BCUT2D eigenvalue weighted by Gasteiger charge is -2.36. The molecular formula is C11H17ClN2OS. The maximum absolute atomic E-state index is 6.01. The first-order valence-corrected chi connectivity index (χ1v) is 6.54. The van der Waals surface area contributed by atoms with Gasteiger partial charge in [0, 0.05) is 25.2 Å². The number of halogens is 1. The highest BCUT2D eigenvalue weighted by Gasteiger charge is 2.32. The molecule has 3 nitrogen and oxygen atoms in total. The summed E-state index contributed by atoms with van der Waals surface area (Å²) in [6, 6.07) is 0. The average Bonchev–Trinajstić information content (AvgIpc) is 2.62. The molecule has 0 unspecified atom stereocenters. The molecule has 0 aromatic carbocycles. The van der Waals surface area contributed by atoms with Crippen molar-refractivity contribution in [3.05, 3.63) is 16.9 Å². The molecule has 0 amide bonds. The van der Waals surface area contributed by atoms with Crippen LogP contribution in [0.5, 0.6) is 0 Å². The van der Waals surface area contributed by atoms with Crippen molar-refractivity contribution in [2.24, 2.45) is 5.41 Å². The van der Waals surface area contributed by atoms with E-state index in [-0.39, 0.29) is 5.41 Å². The Balaban J connectivity index is 2.14. The van der Waals surface area contributed by atoms with Crippen LogP contribution in [0.2, 0.25) is 5.02 Å². The number of hydrogen-bond acceptors (Lipinski definition) is 3. The van der Waals surface area contributed by atoms with E-state index in [1.165, 1.54) is 0 Å². The van der Waals surface area contributed by atoms with Gasteiger partial charge in [-0.25, -0.2) is 0 Å². The van der Waals surface area contributed by atoms with Crippen molar-refractivity contribution < 1.29 is 4.74 Å².